The fourth-order valence-corrected chi connectivity index (χ4v) is 0.850. The summed E-state index contributed by atoms with van der Waals surface area (Å²) in [4.78, 5) is 0. The van der Waals surface area contributed by atoms with Crippen LogP contribution in [0.1, 0.15) is 0 Å². The number of halogens is 16. The minimum absolute atomic E-state index is 1.21. The van der Waals surface area contributed by atoms with Gasteiger partial charge in [-0.3, -0.25) is 0 Å². The second-order valence-corrected chi connectivity index (χ2v) is 3.85. The molecule has 25 heavy (non-hydrogen) atoms. The van der Waals surface area contributed by atoms with Crippen LogP contribution in [0.15, 0.2) is 0 Å². The molecular formula is C7F16O2. The summed E-state index contributed by atoms with van der Waals surface area (Å²) in [6, 6.07) is 0. The first-order chi connectivity index (χ1) is 10.4. The van der Waals surface area contributed by atoms with Crippen molar-refractivity contribution >= 4 is 0 Å². The van der Waals surface area contributed by atoms with Crippen LogP contribution in [0.2, 0.25) is 0 Å². The molecule has 0 saturated carbocycles. The minimum Gasteiger partial charge on any atom is -0.243 e. The number of alkyl halides is 16. The average Bonchev–Trinajstić information content (AvgIpc) is 2.21. The normalized spacial score (nSPS) is 16.3. The van der Waals surface area contributed by atoms with Gasteiger partial charge in [-0.2, -0.15) is 57.1 Å². The molecule has 0 saturated heterocycles. The zero-order valence-electron chi connectivity index (χ0n) is 10.4. The number of hydrogen-bond acceptors (Lipinski definition) is 2. The van der Waals surface area contributed by atoms with Gasteiger partial charge in [0.2, 0.25) is 0 Å². The van der Waals surface area contributed by atoms with Crippen molar-refractivity contribution in [1.82, 2.24) is 0 Å². The second-order valence-electron chi connectivity index (χ2n) is 3.85. The number of ether oxygens (including phenoxy) is 2. The lowest BCUT2D eigenvalue weighted by Gasteiger charge is -2.35. The Hall–Kier alpha value is -1.20. The van der Waals surface area contributed by atoms with E-state index in [1.54, 1.807) is 0 Å². The molecule has 2 nitrogen and oxygen atoms in total. The van der Waals surface area contributed by atoms with Crippen molar-refractivity contribution in [2.24, 2.45) is 0 Å². The van der Waals surface area contributed by atoms with Gasteiger partial charge in [0.05, 0.1) is 0 Å². The third-order valence-corrected chi connectivity index (χ3v) is 1.95. The van der Waals surface area contributed by atoms with E-state index in [0.29, 0.717) is 0 Å². The Balaban J connectivity index is 5.83. The van der Waals surface area contributed by atoms with Crippen molar-refractivity contribution in [2.75, 3.05) is 0 Å². The van der Waals surface area contributed by atoms with E-state index in [1.807, 2.05) is 0 Å². The van der Waals surface area contributed by atoms with E-state index in [4.69, 9.17) is 0 Å². The van der Waals surface area contributed by atoms with E-state index >= 15 is 0 Å². The summed E-state index contributed by atoms with van der Waals surface area (Å²) >= 11 is 0. The lowest BCUT2D eigenvalue weighted by Crippen LogP contribution is -2.64. The van der Waals surface area contributed by atoms with E-state index in [1.165, 1.54) is 9.47 Å². The van der Waals surface area contributed by atoms with Gasteiger partial charge in [0, 0.05) is 0 Å². The molecule has 0 spiro atoms. The molecule has 0 amide bonds. The third kappa shape index (κ3) is 4.50. The van der Waals surface area contributed by atoms with Gasteiger partial charge in [-0.05, 0) is 0 Å². The van der Waals surface area contributed by atoms with E-state index in [2.05, 4.69) is 0 Å². The molecule has 0 aliphatic heterocycles. The Bertz CT molecular complexity index is 472. The molecule has 18 heteroatoms. The highest BCUT2D eigenvalue weighted by molar-refractivity contribution is 4.97. The van der Waals surface area contributed by atoms with Gasteiger partial charge in [0.15, 0.2) is 0 Å². The largest absolute Gasteiger partial charge is 0.527 e. The first kappa shape index (κ1) is 23.8. The molecule has 0 unspecified atom stereocenters. The summed E-state index contributed by atoms with van der Waals surface area (Å²) in [7, 11) is 0. The van der Waals surface area contributed by atoms with Crippen LogP contribution in [0.4, 0.5) is 70.2 Å². The van der Waals surface area contributed by atoms with Gasteiger partial charge in [-0.1, -0.05) is 0 Å². The van der Waals surface area contributed by atoms with Gasteiger partial charge in [-0.15, -0.1) is 13.2 Å². The predicted molar refractivity (Wildman–Crippen MR) is 39.0 cm³/mol. The first-order valence-corrected chi connectivity index (χ1v) is 4.84. The molecule has 0 atom stereocenters. The first-order valence-electron chi connectivity index (χ1n) is 4.84. The third-order valence-electron chi connectivity index (χ3n) is 1.95. The Morgan fingerprint density at radius 3 is 0.960 bits per heavy atom. The summed E-state index contributed by atoms with van der Waals surface area (Å²) < 4.78 is 196. The summed E-state index contributed by atoms with van der Waals surface area (Å²) in [5.74, 6) is -15.7. The van der Waals surface area contributed by atoms with Crippen LogP contribution in [-0.4, -0.2) is 42.7 Å². The monoisotopic (exact) mass is 420 g/mol. The molecule has 0 aromatic heterocycles. The minimum atomic E-state index is -7.93. The summed E-state index contributed by atoms with van der Waals surface area (Å²) in [6.45, 7) is 0. The van der Waals surface area contributed by atoms with E-state index < -0.39 is 42.7 Å². The fraction of sp³-hybridized carbons (Fsp3) is 1.00. The van der Waals surface area contributed by atoms with Gasteiger partial charge < -0.3 is 0 Å². The zero-order valence-corrected chi connectivity index (χ0v) is 10.4. The number of rotatable bonds is 6. The lowest BCUT2D eigenvalue weighted by atomic mass is 10.1. The van der Waals surface area contributed by atoms with Crippen molar-refractivity contribution in [1.29, 1.82) is 0 Å². The van der Waals surface area contributed by atoms with E-state index in [9.17, 15) is 70.2 Å². The van der Waals surface area contributed by atoms with Crippen LogP contribution in [0, 0.1) is 0 Å². The SMILES string of the molecule is FC(F)(F)OC(F)(F)C(F)(F)OC(F)(F)C(F)(F)C(F)(F)C(F)(F)F. The van der Waals surface area contributed by atoms with Crippen LogP contribution < -0.4 is 0 Å². The molecular weight excluding hydrogens is 420 g/mol. The van der Waals surface area contributed by atoms with Crippen molar-refractivity contribution in [3.05, 3.63) is 0 Å². The van der Waals surface area contributed by atoms with Crippen LogP contribution in [0.3, 0.4) is 0 Å². The lowest BCUT2D eigenvalue weighted by molar-refractivity contribution is -0.551. The molecule has 0 N–H and O–H groups in total. The molecule has 0 heterocycles. The predicted octanol–water partition coefficient (Wildman–Crippen LogP) is 5.15. The molecule has 152 valence electrons. The second kappa shape index (κ2) is 5.92. The van der Waals surface area contributed by atoms with Crippen LogP contribution in [-0.2, 0) is 9.47 Å². The standard InChI is InChI=1S/C7F16O2/c8-1(9,3(12,13)14)2(10,11)4(15,16)24-5(17,18)6(19,20)25-7(21,22)23. The zero-order chi connectivity index (χ0) is 20.9. The molecule has 0 aromatic rings. The summed E-state index contributed by atoms with van der Waals surface area (Å²) in [6.07, 6.45) is -36.6. The van der Waals surface area contributed by atoms with Gasteiger partial charge >= 0.3 is 42.7 Å². The molecule has 0 radical (unpaired) electrons. The van der Waals surface area contributed by atoms with E-state index in [0.717, 1.165) is 0 Å². The van der Waals surface area contributed by atoms with Crippen molar-refractivity contribution in [3.8, 4) is 0 Å². The maximum absolute atomic E-state index is 12.6. The van der Waals surface area contributed by atoms with Crippen LogP contribution >= 0.6 is 0 Å². The Kier molecular flexibility index (Phi) is 5.63. The summed E-state index contributed by atoms with van der Waals surface area (Å²) in [5, 5.41) is 0. The van der Waals surface area contributed by atoms with Gasteiger partial charge in [-0.25, -0.2) is 9.47 Å². The van der Waals surface area contributed by atoms with Crippen LogP contribution in [0.5, 0.6) is 0 Å². The molecule has 0 rings (SSSR count). The summed E-state index contributed by atoms with van der Waals surface area (Å²) in [5.41, 5.74) is 0. The van der Waals surface area contributed by atoms with Gasteiger partial charge in [0.25, 0.3) is 0 Å². The van der Waals surface area contributed by atoms with Gasteiger partial charge in [0.1, 0.15) is 0 Å². The maximum Gasteiger partial charge on any atom is 0.527 e. The highest BCUT2D eigenvalue weighted by Crippen LogP contribution is 2.55. The highest BCUT2D eigenvalue weighted by atomic mass is 19.4. The average molecular weight is 420 g/mol. The van der Waals surface area contributed by atoms with Crippen molar-refractivity contribution < 1.29 is 79.7 Å². The fourth-order valence-electron chi connectivity index (χ4n) is 0.850. The molecule has 0 aliphatic rings. The molecule has 0 aliphatic carbocycles. The Morgan fingerprint density at radius 1 is 0.360 bits per heavy atom. The number of hydrogen-bond donors (Lipinski definition) is 0. The molecule has 0 aromatic carbocycles. The van der Waals surface area contributed by atoms with E-state index in [-0.39, 0.29) is 0 Å². The van der Waals surface area contributed by atoms with Crippen molar-refractivity contribution in [3.63, 3.8) is 0 Å². The molecule has 0 fully saturated rings. The smallest absolute Gasteiger partial charge is 0.243 e. The Labute approximate surface area is 124 Å². The highest BCUT2D eigenvalue weighted by Gasteiger charge is 2.85. The quantitative estimate of drug-likeness (QED) is 0.554. The maximum atomic E-state index is 12.6. The van der Waals surface area contributed by atoms with Crippen molar-refractivity contribution in [2.45, 2.75) is 42.7 Å². The topological polar surface area (TPSA) is 18.5 Å². The molecule has 0 bridgehead atoms. The van der Waals surface area contributed by atoms with Crippen LogP contribution in [0.25, 0.3) is 0 Å². The Morgan fingerprint density at radius 2 is 0.680 bits per heavy atom.